The summed E-state index contributed by atoms with van der Waals surface area (Å²) in [6, 6.07) is 4.97. The van der Waals surface area contributed by atoms with E-state index in [0.717, 1.165) is 52.2 Å². The number of ether oxygens (including phenoxy) is 2. The van der Waals surface area contributed by atoms with Crippen LogP contribution in [0.4, 0.5) is 0 Å². The lowest BCUT2D eigenvalue weighted by Crippen LogP contribution is -2.51. The number of hydrogen-bond acceptors (Lipinski definition) is 4. The van der Waals surface area contributed by atoms with Crippen LogP contribution in [0.3, 0.4) is 0 Å². The first-order valence-electron chi connectivity index (χ1n) is 8.31. The first kappa shape index (κ1) is 17.8. The molecule has 7 heteroatoms. The molecule has 0 spiro atoms. The number of halogens is 2. The van der Waals surface area contributed by atoms with Crippen molar-refractivity contribution in [3.63, 3.8) is 0 Å². The molecule has 1 unspecified atom stereocenters. The van der Waals surface area contributed by atoms with Gasteiger partial charge in [-0.3, -0.25) is 9.69 Å². The average molecular weight is 373 g/mol. The molecule has 2 heterocycles. The third-order valence-corrected chi connectivity index (χ3v) is 5.00. The summed E-state index contributed by atoms with van der Waals surface area (Å²) in [4.78, 5) is 16.5. The zero-order valence-electron chi connectivity index (χ0n) is 13.5. The molecule has 1 aromatic carbocycles. The Morgan fingerprint density at radius 1 is 1.25 bits per heavy atom. The third kappa shape index (κ3) is 4.76. The van der Waals surface area contributed by atoms with Gasteiger partial charge in [-0.25, -0.2) is 0 Å². The lowest BCUT2D eigenvalue weighted by molar-refractivity contribution is -0.135. The number of carbonyl (C=O) groups is 1. The van der Waals surface area contributed by atoms with Crippen molar-refractivity contribution in [2.45, 2.75) is 18.9 Å². The quantitative estimate of drug-likeness (QED) is 0.796. The lowest BCUT2D eigenvalue weighted by Gasteiger charge is -2.35. The highest BCUT2D eigenvalue weighted by molar-refractivity contribution is 6.34. The topological polar surface area (TPSA) is 42.0 Å². The maximum absolute atomic E-state index is 12.3. The SMILES string of the molecule is O=C(COc1cc(Cl)ccc1Cl)N1CCN(CC2CCCO2)CC1. The van der Waals surface area contributed by atoms with Crippen molar-refractivity contribution in [1.29, 1.82) is 0 Å². The third-order valence-electron chi connectivity index (χ3n) is 4.46. The van der Waals surface area contributed by atoms with E-state index in [0.29, 0.717) is 21.9 Å². The van der Waals surface area contributed by atoms with Gasteiger partial charge in [0.15, 0.2) is 6.61 Å². The molecule has 5 nitrogen and oxygen atoms in total. The molecule has 24 heavy (non-hydrogen) atoms. The number of amides is 1. The molecular weight excluding hydrogens is 351 g/mol. The van der Waals surface area contributed by atoms with Gasteiger partial charge in [-0.2, -0.15) is 0 Å². The summed E-state index contributed by atoms with van der Waals surface area (Å²) in [5, 5.41) is 0.984. The zero-order chi connectivity index (χ0) is 16.9. The second-order valence-electron chi connectivity index (χ2n) is 6.18. The molecule has 0 N–H and O–H groups in total. The molecule has 0 bridgehead atoms. The fourth-order valence-corrected chi connectivity index (χ4v) is 3.41. The van der Waals surface area contributed by atoms with Crippen molar-refractivity contribution in [1.82, 2.24) is 9.80 Å². The zero-order valence-corrected chi connectivity index (χ0v) is 15.1. The number of benzene rings is 1. The highest BCUT2D eigenvalue weighted by Crippen LogP contribution is 2.27. The summed E-state index contributed by atoms with van der Waals surface area (Å²) in [7, 11) is 0. The highest BCUT2D eigenvalue weighted by Gasteiger charge is 2.25. The van der Waals surface area contributed by atoms with E-state index in [4.69, 9.17) is 32.7 Å². The highest BCUT2D eigenvalue weighted by atomic mass is 35.5. The van der Waals surface area contributed by atoms with Gasteiger partial charge in [0.25, 0.3) is 5.91 Å². The Balaban J connectivity index is 1.42. The normalized spacial score (nSPS) is 21.9. The minimum atomic E-state index is -0.0252. The van der Waals surface area contributed by atoms with E-state index in [1.54, 1.807) is 18.2 Å². The van der Waals surface area contributed by atoms with Gasteiger partial charge in [0.2, 0.25) is 0 Å². The Kier molecular flexibility index (Phi) is 6.22. The Hall–Kier alpha value is -1.01. The molecule has 1 amide bonds. The lowest BCUT2D eigenvalue weighted by atomic mass is 10.2. The minimum Gasteiger partial charge on any atom is -0.482 e. The Morgan fingerprint density at radius 3 is 2.75 bits per heavy atom. The van der Waals surface area contributed by atoms with E-state index >= 15 is 0 Å². The van der Waals surface area contributed by atoms with Crippen molar-refractivity contribution in [3.8, 4) is 5.75 Å². The van der Waals surface area contributed by atoms with Gasteiger partial charge in [0.05, 0.1) is 11.1 Å². The second kappa shape index (κ2) is 8.39. The standard InChI is InChI=1S/C17H22Cl2N2O3/c18-13-3-4-15(19)16(10-13)24-12-17(22)21-7-5-20(6-8-21)11-14-2-1-9-23-14/h3-4,10,14H,1-2,5-9,11-12H2. The van der Waals surface area contributed by atoms with E-state index < -0.39 is 0 Å². The first-order chi connectivity index (χ1) is 11.6. The number of hydrogen-bond donors (Lipinski definition) is 0. The van der Waals surface area contributed by atoms with E-state index in [2.05, 4.69) is 4.90 Å². The summed E-state index contributed by atoms with van der Waals surface area (Å²) in [5.41, 5.74) is 0. The largest absolute Gasteiger partial charge is 0.482 e. The Bertz CT molecular complexity index is 571. The predicted molar refractivity (Wildman–Crippen MR) is 94.0 cm³/mol. The van der Waals surface area contributed by atoms with E-state index in [1.807, 2.05) is 4.90 Å². The fraction of sp³-hybridized carbons (Fsp3) is 0.588. The number of carbonyl (C=O) groups excluding carboxylic acids is 1. The van der Waals surface area contributed by atoms with E-state index in [9.17, 15) is 4.79 Å². The smallest absolute Gasteiger partial charge is 0.260 e. The molecule has 0 aliphatic carbocycles. The summed E-state index contributed by atoms with van der Waals surface area (Å²) in [6.07, 6.45) is 2.67. The molecule has 1 aromatic rings. The molecule has 2 aliphatic heterocycles. The summed E-state index contributed by atoms with van der Waals surface area (Å²) in [5.74, 6) is 0.414. The van der Waals surface area contributed by atoms with Crippen molar-refractivity contribution in [2.24, 2.45) is 0 Å². The predicted octanol–water partition coefficient (Wildman–Crippen LogP) is 2.70. The van der Waals surface area contributed by atoms with Crippen LogP contribution < -0.4 is 4.74 Å². The van der Waals surface area contributed by atoms with Crippen LogP contribution >= 0.6 is 23.2 Å². The molecule has 1 atom stereocenters. The molecule has 0 saturated carbocycles. The number of rotatable bonds is 5. The van der Waals surface area contributed by atoms with Crippen LogP contribution in [-0.2, 0) is 9.53 Å². The molecule has 2 saturated heterocycles. The molecule has 132 valence electrons. The molecule has 0 radical (unpaired) electrons. The maximum Gasteiger partial charge on any atom is 0.260 e. The maximum atomic E-state index is 12.3. The van der Waals surface area contributed by atoms with Crippen LogP contribution in [0, 0.1) is 0 Å². The monoisotopic (exact) mass is 372 g/mol. The van der Waals surface area contributed by atoms with Crippen molar-refractivity contribution < 1.29 is 14.3 Å². The van der Waals surface area contributed by atoms with Crippen LogP contribution in [0.25, 0.3) is 0 Å². The van der Waals surface area contributed by atoms with Crippen LogP contribution in [0.2, 0.25) is 10.0 Å². The van der Waals surface area contributed by atoms with Gasteiger partial charge in [-0.15, -0.1) is 0 Å². The number of nitrogens with zero attached hydrogens (tertiary/aromatic N) is 2. The molecule has 0 aromatic heterocycles. The van der Waals surface area contributed by atoms with Gasteiger partial charge in [-0.05, 0) is 25.0 Å². The molecule has 2 aliphatic rings. The first-order valence-corrected chi connectivity index (χ1v) is 9.07. The van der Waals surface area contributed by atoms with Gasteiger partial charge in [0.1, 0.15) is 5.75 Å². The van der Waals surface area contributed by atoms with Gasteiger partial charge >= 0.3 is 0 Å². The van der Waals surface area contributed by atoms with E-state index in [1.165, 1.54) is 0 Å². The van der Waals surface area contributed by atoms with Crippen molar-refractivity contribution >= 4 is 29.1 Å². The van der Waals surface area contributed by atoms with Crippen molar-refractivity contribution in [2.75, 3.05) is 45.9 Å². The summed E-state index contributed by atoms with van der Waals surface area (Å²) in [6.45, 7) is 5.03. The second-order valence-corrected chi connectivity index (χ2v) is 7.02. The van der Waals surface area contributed by atoms with Gasteiger partial charge in [-0.1, -0.05) is 23.2 Å². The molecular formula is C17H22Cl2N2O3. The van der Waals surface area contributed by atoms with Gasteiger partial charge in [0, 0.05) is 50.4 Å². The van der Waals surface area contributed by atoms with Crippen LogP contribution in [0.15, 0.2) is 18.2 Å². The van der Waals surface area contributed by atoms with Crippen LogP contribution in [-0.4, -0.2) is 67.7 Å². The van der Waals surface area contributed by atoms with Crippen LogP contribution in [0.1, 0.15) is 12.8 Å². The molecule has 3 rings (SSSR count). The summed E-state index contributed by atoms with van der Waals surface area (Å²) < 4.78 is 11.2. The van der Waals surface area contributed by atoms with Crippen molar-refractivity contribution in [3.05, 3.63) is 28.2 Å². The Labute approximate surface area is 152 Å². The van der Waals surface area contributed by atoms with Crippen LogP contribution in [0.5, 0.6) is 5.75 Å². The average Bonchev–Trinajstić information content (AvgIpc) is 3.09. The van der Waals surface area contributed by atoms with E-state index in [-0.39, 0.29) is 12.5 Å². The minimum absolute atomic E-state index is 0.0220. The Morgan fingerprint density at radius 2 is 2.04 bits per heavy atom. The number of piperazine rings is 1. The summed E-state index contributed by atoms with van der Waals surface area (Å²) >= 11 is 12.0. The fourth-order valence-electron chi connectivity index (χ4n) is 3.07. The van der Waals surface area contributed by atoms with Gasteiger partial charge < -0.3 is 14.4 Å². The molecule has 2 fully saturated rings.